The van der Waals surface area contributed by atoms with Crippen molar-refractivity contribution in [1.29, 1.82) is 0 Å². The van der Waals surface area contributed by atoms with E-state index in [0.29, 0.717) is 0 Å². The van der Waals surface area contributed by atoms with Crippen molar-refractivity contribution in [3.63, 3.8) is 0 Å². The smallest absolute Gasteiger partial charge is 0.00885 e. The number of terminal acetylenes is 1. The predicted octanol–water partition coefficient (Wildman–Crippen LogP) is 2.65. The average molecular weight is 123 g/mol. The molecule has 0 aromatic rings. The Morgan fingerprint density at radius 2 is 2.22 bits per heavy atom. The third-order valence-electron chi connectivity index (χ3n) is 1.48. The molecule has 0 saturated heterocycles. The first kappa shape index (κ1) is 8.56. The normalized spacial score (nSPS) is 12.6. The number of rotatable bonds is 4. The van der Waals surface area contributed by atoms with Crippen molar-refractivity contribution in [3.8, 4) is 12.3 Å². The highest BCUT2D eigenvalue weighted by molar-refractivity contribution is 4.83. The van der Waals surface area contributed by atoms with Crippen molar-refractivity contribution in [3.05, 3.63) is 6.92 Å². The van der Waals surface area contributed by atoms with Gasteiger partial charge in [-0.3, -0.25) is 0 Å². The molecule has 0 spiro atoms. The van der Waals surface area contributed by atoms with Gasteiger partial charge in [0.2, 0.25) is 0 Å². The molecule has 0 aliphatic carbocycles. The highest BCUT2D eigenvalue weighted by Crippen LogP contribution is 2.10. The van der Waals surface area contributed by atoms with Crippen LogP contribution in [-0.4, -0.2) is 0 Å². The van der Waals surface area contributed by atoms with Gasteiger partial charge in [0.15, 0.2) is 0 Å². The van der Waals surface area contributed by atoms with Gasteiger partial charge in [0, 0.05) is 6.42 Å². The van der Waals surface area contributed by atoms with E-state index in [4.69, 9.17) is 6.42 Å². The molecule has 0 N–H and O–H groups in total. The minimum atomic E-state index is 0.763. The summed E-state index contributed by atoms with van der Waals surface area (Å²) in [7, 11) is 0. The third kappa shape index (κ3) is 5.43. The lowest BCUT2D eigenvalue weighted by Gasteiger charge is -2.05. The quantitative estimate of drug-likeness (QED) is 0.504. The fourth-order valence-electron chi connectivity index (χ4n) is 0.823. The molecule has 0 heterocycles. The maximum Gasteiger partial charge on any atom is 0.00885 e. The van der Waals surface area contributed by atoms with E-state index in [0.717, 1.165) is 25.2 Å². The van der Waals surface area contributed by atoms with E-state index in [2.05, 4.69) is 19.8 Å². The van der Waals surface area contributed by atoms with Gasteiger partial charge in [0.1, 0.15) is 0 Å². The second-order valence-electron chi connectivity index (χ2n) is 2.49. The Hall–Kier alpha value is -0.440. The van der Waals surface area contributed by atoms with Gasteiger partial charge < -0.3 is 0 Å². The first-order valence-corrected chi connectivity index (χ1v) is 3.54. The van der Waals surface area contributed by atoms with Gasteiger partial charge in [-0.05, 0) is 12.3 Å². The van der Waals surface area contributed by atoms with E-state index < -0.39 is 0 Å². The van der Waals surface area contributed by atoms with Gasteiger partial charge in [0.05, 0.1) is 0 Å². The molecule has 0 bridgehead atoms. The zero-order chi connectivity index (χ0) is 7.11. The molecule has 1 radical (unpaired) electrons. The molecule has 0 amide bonds. The van der Waals surface area contributed by atoms with Crippen molar-refractivity contribution in [2.75, 3.05) is 0 Å². The molecule has 0 fully saturated rings. The van der Waals surface area contributed by atoms with E-state index >= 15 is 0 Å². The molecule has 1 atom stereocenters. The van der Waals surface area contributed by atoms with Gasteiger partial charge in [-0.1, -0.05) is 26.7 Å². The lowest BCUT2D eigenvalue weighted by molar-refractivity contribution is 0.504. The largest absolute Gasteiger partial charge is 0.120 e. The van der Waals surface area contributed by atoms with E-state index in [9.17, 15) is 0 Å². The lowest BCUT2D eigenvalue weighted by Crippen LogP contribution is -1.91. The zero-order valence-corrected chi connectivity index (χ0v) is 6.19. The summed E-state index contributed by atoms with van der Waals surface area (Å²) in [4.78, 5) is 0. The van der Waals surface area contributed by atoms with Gasteiger partial charge in [-0.2, -0.15) is 0 Å². The van der Waals surface area contributed by atoms with E-state index in [1.807, 2.05) is 0 Å². The van der Waals surface area contributed by atoms with Crippen LogP contribution in [-0.2, 0) is 0 Å². The molecular weight excluding hydrogens is 108 g/mol. The molecule has 0 aliphatic rings. The maximum absolute atomic E-state index is 5.11. The molecule has 0 aliphatic heterocycles. The Morgan fingerprint density at radius 1 is 1.56 bits per heavy atom. The topological polar surface area (TPSA) is 0 Å². The summed E-state index contributed by atoms with van der Waals surface area (Å²) in [6, 6.07) is 0. The molecule has 0 nitrogen and oxygen atoms in total. The molecule has 51 valence electrons. The summed E-state index contributed by atoms with van der Waals surface area (Å²) in [6.45, 7) is 6.01. The molecule has 0 aromatic heterocycles. The van der Waals surface area contributed by atoms with Crippen LogP contribution in [0.25, 0.3) is 0 Å². The number of hydrogen-bond acceptors (Lipinski definition) is 0. The summed E-state index contributed by atoms with van der Waals surface area (Å²) in [6.07, 6.45) is 9.43. The minimum Gasteiger partial charge on any atom is -0.120 e. The SMILES string of the molecule is C#CCCC(C)CC[CH2]. The van der Waals surface area contributed by atoms with Crippen LogP contribution in [0.15, 0.2) is 0 Å². The van der Waals surface area contributed by atoms with Crippen LogP contribution in [0.4, 0.5) is 0 Å². The fraction of sp³-hybridized carbons (Fsp3) is 0.667. The first-order chi connectivity index (χ1) is 4.31. The predicted molar refractivity (Wildman–Crippen MR) is 41.8 cm³/mol. The van der Waals surface area contributed by atoms with Gasteiger partial charge >= 0.3 is 0 Å². The summed E-state index contributed by atoms with van der Waals surface area (Å²) >= 11 is 0. The average Bonchev–Trinajstić information content (AvgIpc) is 1.85. The molecule has 1 unspecified atom stereocenters. The van der Waals surface area contributed by atoms with Crippen LogP contribution in [0.5, 0.6) is 0 Å². The Balaban J connectivity index is 3.07. The summed E-state index contributed by atoms with van der Waals surface area (Å²) in [5.41, 5.74) is 0. The standard InChI is InChI=1S/C9H15/c1-4-6-8-9(3)7-5-2/h1,9H,2,5-8H2,3H3. The van der Waals surface area contributed by atoms with Crippen LogP contribution in [0.1, 0.15) is 32.6 Å². The highest BCUT2D eigenvalue weighted by atomic mass is 14.0. The molecular formula is C9H15. The van der Waals surface area contributed by atoms with E-state index in [1.54, 1.807) is 0 Å². The van der Waals surface area contributed by atoms with Crippen molar-refractivity contribution in [2.24, 2.45) is 5.92 Å². The van der Waals surface area contributed by atoms with Crippen molar-refractivity contribution in [2.45, 2.75) is 32.6 Å². The van der Waals surface area contributed by atoms with Crippen LogP contribution in [0.2, 0.25) is 0 Å². The van der Waals surface area contributed by atoms with Gasteiger partial charge in [0.25, 0.3) is 0 Å². The van der Waals surface area contributed by atoms with E-state index in [1.165, 1.54) is 6.42 Å². The van der Waals surface area contributed by atoms with Crippen LogP contribution in [0.3, 0.4) is 0 Å². The van der Waals surface area contributed by atoms with Crippen molar-refractivity contribution >= 4 is 0 Å². The minimum absolute atomic E-state index is 0.763. The van der Waals surface area contributed by atoms with Crippen LogP contribution >= 0.6 is 0 Å². The Kier molecular flexibility index (Phi) is 5.41. The zero-order valence-electron chi connectivity index (χ0n) is 6.19. The maximum atomic E-state index is 5.11. The van der Waals surface area contributed by atoms with Crippen LogP contribution in [0, 0.1) is 25.2 Å². The van der Waals surface area contributed by atoms with Gasteiger partial charge in [-0.25, -0.2) is 0 Å². The Morgan fingerprint density at radius 3 is 2.67 bits per heavy atom. The van der Waals surface area contributed by atoms with Crippen molar-refractivity contribution in [1.82, 2.24) is 0 Å². The highest BCUT2D eigenvalue weighted by Gasteiger charge is 1.96. The second kappa shape index (κ2) is 5.69. The Labute approximate surface area is 58.7 Å². The monoisotopic (exact) mass is 123 g/mol. The van der Waals surface area contributed by atoms with Crippen molar-refractivity contribution < 1.29 is 0 Å². The Bertz CT molecular complexity index is 86.7. The molecule has 0 aromatic carbocycles. The molecule has 0 heteroatoms. The first-order valence-electron chi connectivity index (χ1n) is 3.54. The van der Waals surface area contributed by atoms with E-state index in [-0.39, 0.29) is 0 Å². The van der Waals surface area contributed by atoms with Gasteiger partial charge in [-0.15, -0.1) is 12.3 Å². The summed E-state index contributed by atoms with van der Waals surface area (Å²) in [5, 5.41) is 0. The number of hydrogen-bond donors (Lipinski definition) is 0. The second-order valence-corrected chi connectivity index (χ2v) is 2.49. The molecule has 0 rings (SSSR count). The summed E-state index contributed by atoms with van der Waals surface area (Å²) in [5.74, 6) is 3.40. The van der Waals surface area contributed by atoms with Crippen LogP contribution < -0.4 is 0 Å². The molecule has 0 saturated carbocycles. The molecule has 9 heavy (non-hydrogen) atoms. The lowest BCUT2D eigenvalue weighted by atomic mass is 10.0. The third-order valence-corrected chi connectivity index (χ3v) is 1.48. The fourth-order valence-corrected chi connectivity index (χ4v) is 0.823. The summed E-state index contributed by atoms with van der Waals surface area (Å²) < 4.78 is 0.